The number of carbonyl (C=O) groups excluding carboxylic acids is 1. The number of anilines is 1. The summed E-state index contributed by atoms with van der Waals surface area (Å²) >= 11 is 12.0. The average molecular weight is 313 g/mol. The highest BCUT2D eigenvalue weighted by molar-refractivity contribution is 6.35. The van der Waals surface area contributed by atoms with E-state index in [2.05, 4.69) is 10.1 Å². The number of aromatic nitrogens is 3. The fourth-order valence-electron chi connectivity index (χ4n) is 1.81. The lowest BCUT2D eigenvalue weighted by atomic mass is 10.3. The summed E-state index contributed by atoms with van der Waals surface area (Å²) in [6, 6.07) is 3.65. The molecule has 0 radical (unpaired) electrons. The third-order valence-corrected chi connectivity index (χ3v) is 3.23. The summed E-state index contributed by atoms with van der Waals surface area (Å²) in [5, 5.41) is 3.83. The van der Waals surface area contributed by atoms with Crippen LogP contribution in [0, 0.1) is 0 Å². The van der Waals surface area contributed by atoms with Gasteiger partial charge in [0.1, 0.15) is 11.1 Å². The number of halogens is 2. The van der Waals surface area contributed by atoms with E-state index in [0.717, 1.165) is 5.69 Å². The monoisotopic (exact) mass is 312 g/mol. The molecule has 2 aromatic heterocycles. The Morgan fingerprint density at radius 1 is 1.55 bits per heavy atom. The third kappa shape index (κ3) is 2.94. The van der Waals surface area contributed by atoms with Gasteiger partial charge in [0.05, 0.1) is 18.1 Å². The van der Waals surface area contributed by atoms with E-state index in [1.54, 1.807) is 36.3 Å². The number of amides is 1. The standard InChI is InChI=1S/C13H14Cl2N4O/c1-3-18(13(20)9(2)14)11-8-19(17-12(11)15)10-5-4-6-16-7-10/h4-9H,3H2,1-2H3. The maximum atomic E-state index is 12.1. The highest BCUT2D eigenvalue weighted by Crippen LogP contribution is 2.26. The normalized spacial score (nSPS) is 12.2. The van der Waals surface area contributed by atoms with Gasteiger partial charge in [-0.2, -0.15) is 5.10 Å². The van der Waals surface area contributed by atoms with Crippen LogP contribution in [-0.4, -0.2) is 32.6 Å². The summed E-state index contributed by atoms with van der Waals surface area (Å²) in [6.07, 6.45) is 5.03. The summed E-state index contributed by atoms with van der Waals surface area (Å²) in [7, 11) is 0. The second kappa shape index (κ2) is 6.24. The molecule has 0 aliphatic rings. The van der Waals surface area contributed by atoms with Gasteiger partial charge in [0, 0.05) is 12.7 Å². The Bertz CT molecular complexity index is 598. The van der Waals surface area contributed by atoms with Crippen LogP contribution in [0.15, 0.2) is 30.7 Å². The van der Waals surface area contributed by atoms with Crippen molar-refractivity contribution in [2.45, 2.75) is 19.2 Å². The fourth-order valence-corrected chi connectivity index (χ4v) is 2.16. The minimum Gasteiger partial charge on any atom is -0.307 e. The van der Waals surface area contributed by atoms with E-state index >= 15 is 0 Å². The molecule has 2 heterocycles. The van der Waals surface area contributed by atoms with E-state index in [4.69, 9.17) is 23.2 Å². The smallest absolute Gasteiger partial charge is 0.244 e. The summed E-state index contributed by atoms with van der Waals surface area (Å²) < 4.78 is 1.58. The second-order valence-electron chi connectivity index (χ2n) is 4.16. The van der Waals surface area contributed by atoms with Crippen molar-refractivity contribution < 1.29 is 4.79 Å². The van der Waals surface area contributed by atoms with Gasteiger partial charge in [0.2, 0.25) is 5.91 Å². The van der Waals surface area contributed by atoms with Crippen molar-refractivity contribution in [1.82, 2.24) is 14.8 Å². The summed E-state index contributed by atoms with van der Waals surface area (Å²) in [4.78, 5) is 17.6. The Balaban J connectivity index is 2.38. The number of hydrogen-bond donors (Lipinski definition) is 0. The molecule has 0 fully saturated rings. The maximum Gasteiger partial charge on any atom is 0.244 e. The Hall–Kier alpha value is -1.59. The highest BCUT2D eigenvalue weighted by atomic mass is 35.5. The van der Waals surface area contributed by atoms with Gasteiger partial charge in [-0.1, -0.05) is 11.6 Å². The molecule has 1 atom stereocenters. The molecule has 0 spiro atoms. The minimum absolute atomic E-state index is 0.207. The van der Waals surface area contributed by atoms with Crippen LogP contribution in [0.5, 0.6) is 0 Å². The van der Waals surface area contributed by atoms with Crippen molar-refractivity contribution in [1.29, 1.82) is 0 Å². The van der Waals surface area contributed by atoms with Crippen molar-refractivity contribution in [2.75, 3.05) is 11.4 Å². The van der Waals surface area contributed by atoms with Crippen molar-refractivity contribution in [2.24, 2.45) is 0 Å². The van der Waals surface area contributed by atoms with E-state index in [1.165, 1.54) is 4.90 Å². The van der Waals surface area contributed by atoms with Crippen molar-refractivity contribution in [3.63, 3.8) is 0 Å². The Kier molecular flexibility index (Phi) is 4.62. The molecule has 106 valence electrons. The van der Waals surface area contributed by atoms with Crippen LogP contribution in [-0.2, 0) is 4.79 Å². The zero-order valence-electron chi connectivity index (χ0n) is 11.1. The van der Waals surface area contributed by atoms with Crippen LogP contribution in [0.25, 0.3) is 5.69 Å². The van der Waals surface area contributed by atoms with Crippen molar-refractivity contribution in [3.8, 4) is 5.69 Å². The topological polar surface area (TPSA) is 51.0 Å². The van der Waals surface area contributed by atoms with Crippen molar-refractivity contribution >= 4 is 34.8 Å². The fraction of sp³-hybridized carbons (Fsp3) is 0.308. The molecule has 2 aromatic rings. The second-order valence-corrected chi connectivity index (χ2v) is 5.17. The maximum absolute atomic E-state index is 12.1. The molecular formula is C13H14Cl2N4O. The lowest BCUT2D eigenvalue weighted by molar-refractivity contribution is -0.117. The number of rotatable bonds is 4. The van der Waals surface area contributed by atoms with Gasteiger partial charge in [0.15, 0.2) is 5.15 Å². The van der Waals surface area contributed by atoms with E-state index in [9.17, 15) is 4.79 Å². The lowest BCUT2D eigenvalue weighted by Gasteiger charge is -2.20. The molecule has 20 heavy (non-hydrogen) atoms. The number of carbonyl (C=O) groups is 1. The summed E-state index contributed by atoms with van der Waals surface area (Å²) in [6.45, 7) is 3.95. The van der Waals surface area contributed by atoms with Crippen LogP contribution >= 0.6 is 23.2 Å². The first kappa shape index (κ1) is 14.8. The van der Waals surface area contributed by atoms with Gasteiger partial charge in [-0.05, 0) is 26.0 Å². The molecule has 0 saturated carbocycles. The van der Waals surface area contributed by atoms with Crippen LogP contribution in [0.4, 0.5) is 5.69 Å². The number of pyridine rings is 1. The Morgan fingerprint density at radius 3 is 2.85 bits per heavy atom. The molecule has 1 amide bonds. The molecule has 0 saturated heterocycles. The van der Waals surface area contributed by atoms with Crippen LogP contribution in [0.1, 0.15) is 13.8 Å². The average Bonchev–Trinajstić information content (AvgIpc) is 2.83. The molecule has 0 aromatic carbocycles. The predicted molar refractivity (Wildman–Crippen MR) is 79.7 cm³/mol. The minimum atomic E-state index is -0.618. The molecule has 7 heteroatoms. The molecule has 0 aliphatic carbocycles. The predicted octanol–water partition coefficient (Wildman–Crippen LogP) is 2.90. The van der Waals surface area contributed by atoms with Gasteiger partial charge < -0.3 is 4.90 Å². The van der Waals surface area contributed by atoms with Crippen molar-refractivity contribution in [3.05, 3.63) is 35.9 Å². The van der Waals surface area contributed by atoms with E-state index in [-0.39, 0.29) is 11.1 Å². The number of alkyl halides is 1. The molecule has 0 N–H and O–H groups in total. The Morgan fingerprint density at radius 2 is 2.30 bits per heavy atom. The van der Waals surface area contributed by atoms with Gasteiger partial charge >= 0.3 is 0 Å². The van der Waals surface area contributed by atoms with Gasteiger partial charge in [-0.15, -0.1) is 11.6 Å². The highest BCUT2D eigenvalue weighted by Gasteiger charge is 2.23. The van der Waals surface area contributed by atoms with E-state index in [1.807, 2.05) is 13.0 Å². The van der Waals surface area contributed by atoms with Crippen LogP contribution < -0.4 is 4.90 Å². The Labute approximate surface area is 127 Å². The SMILES string of the molecule is CCN(C(=O)C(C)Cl)c1cn(-c2cccnc2)nc1Cl. The van der Waals surface area contributed by atoms with E-state index < -0.39 is 5.38 Å². The zero-order valence-corrected chi connectivity index (χ0v) is 12.6. The molecule has 0 bridgehead atoms. The largest absolute Gasteiger partial charge is 0.307 e. The quantitative estimate of drug-likeness (QED) is 0.816. The molecule has 2 rings (SSSR count). The first-order chi connectivity index (χ1) is 9.54. The number of nitrogens with zero attached hydrogens (tertiary/aromatic N) is 4. The number of hydrogen-bond acceptors (Lipinski definition) is 3. The summed E-state index contributed by atoms with van der Waals surface area (Å²) in [5.41, 5.74) is 1.30. The summed E-state index contributed by atoms with van der Waals surface area (Å²) in [5.74, 6) is -0.207. The van der Waals surface area contributed by atoms with Gasteiger partial charge in [-0.3, -0.25) is 9.78 Å². The third-order valence-electron chi connectivity index (χ3n) is 2.78. The van der Waals surface area contributed by atoms with Gasteiger partial charge in [-0.25, -0.2) is 4.68 Å². The van der Waals surface area contributed by atoms with E-state index in [0.29, 0.717) is 12.2 Å². The zero-order chi connectivity index (χ0) is 14.7. The van der Waals surface area contributed by atoms with Gasteiger partial charge in [0.25, 0.3) is 0 Å². The first-order valence-corrected chi connectivity index (χ1v) is 6.97. The molecule has 0 aliphatic heterocycles. The first-order valence-electron chi connectivity index (χ1n) is 6.15. The lowest BCUT2D eigenvalue weighted by Crippen LogP contribution is -2.35. The molecular weight excluding hydrogens is 299 g/mol. The molecule has 1 unspecified atom stereocenters. The van der Waals surface area contributed by atoms with Crippen LogP contribution in [0.2, 0.25) is 5.15 Å². The molecule has 5 nitrogen and oxygen atoms in total. The van der Waals surface area contributed by atoms with Crippen LogP contribution in [0.3, 0.4) is 0 Å².